The van der Waals surface area contributed by atoms with Gasteiger partial charge in [0.2, 0.25) is 0 Å². The van der Waals surface area contributed by atoms with Crippen LogP contribution in [-0.4, -0.2) is 43.8 Å². The molecule has 0 spiro atoms. The van der Waals surface area contributed by atoms with E-state index in [1.54, 1.807) is 17.3 Å². The van der Waals surface area contributed by atoms with Gasteiger partial charge in [-0.05, 0) is 42.8 Å². The zero-order valence-electron chi connectivity index (χ0n) is 15.8. The second-order valence-corrected chi connectivity index (χ2v) is 7.32. The number of halogens is 1. The number of para-hydroxylation sites is 2. The maximum Gasteiger partial charge on any atom is 0.289 e. The van der Waals surface area contributed by atoms with Crippen LogP contribution < -0.4 is 0 Å². The number of carbonyl (C=O) groups excluding carboxylic acids is 1. The van der Waals surface area contributed by atoms with Crippen LogP contribution in [0.4, 0.5) is 4.39 Å². The van der Waals surface area contributed by atoms with E-state index in [0.29, 0.717) is 30.2 Å². The number of aromatic amines is 1. The number of amides is 1. The molecule has 0 bridgehead atoms. The lowest BCUT2D eigenvalue weighted by Gasteiger charge is -2.38. The highest BCUT2D eigenvalue weighted by Crippen LogP contribution is 2.33. The van der Waals surface area contributed by atoms with E-state index in [4.69, 9.17) is 0 Å². The Morgan fingerprint density at radius 1 is 1.17 bits per heavy atom. The van der Waals surface area contributed by atoms with Crippen molar-refractivity contribution in [1.82, 2.24) is 24.8 Å². The molecule has 146 valence electrons. The minimum absolute atomic E-state index is 0. The Labute approximate surface area is 167 Å². The quantitative estimate of drug-likeness (QED) is 0.576. The second kappa shape index (κ2) is 6.77. The average molecular weight is 389 g/mol. The smallest absolute Gasteiger partial charge is 0.289 e. The first kappa shape index (κ1) is 17.5. The van der Waals surface area contributed by atoms with E-state index in [0.717, 1.165) is 22.3 Å². The molecule has 0 atom stereocenters. The predicted octanol–water partition coefficient (Wildman–Crippen LogP) is 3.95. The molecule has 1 fully saturated rings. The number of hydrogen-bond acceptors (Lipinski definition) is 4. The van der Waals surface area contributed by atoms with Crippen molar-refractivity contribution in [1.29, 1.82) is 0 Å². The Morgan fingerprint density at radius 2 is 1.97 bits per heavy atom. The molecule has 5 rings (SSSR count). The van der Waals surface area contributed by atoms with Crippen LogP contribution in [0.1, 0.15) is 29.2 Å². The molecule has 2 aromatic carbocycles. The topological polar surface area (TPSA) is 74.8 Å². The van der Waals surface area contributed by atoms with Crippen molar-refractivity contribution in [3.8, 4) is 11.3 Å². The third-order valence-electron chi connectivity index (χ3n) is 5.19. The van der Waals surface area contributed by atoms with Gasteiger partial charge >= 0.3 is 0 Å². The summed E-state index contributed by atoms with van der Waals surface area (Å²) >= 11 is 0. The first-order valence-corrected chi connectivity index (χ1v) is 9.41. The van der Waals surface area contributed by atoms with Gasteiger partial charge in [-0.2, -0.15) is 0 Å². The van der Waals surface area contributed by atoms with Gasteiger partial charge in [0.25, 0.3) is 5.91 Å². The monoisotopic (exact) mass is 389 g/mol. The molecule has 0 aliphatic carbocycles. The van der Waals surface area contributed by atoms with E-state index in [1.807, 2.05) is 37.3 Å². The van der Waals surface area contributed by atoms with E-state index in [1.165, 1.54) is 12.1 Å². The Morgan fingerprint density at radius 3 is 2.76 bits per heavy atom. The number of benzene rings is 2. The lowest BCUT2D eigenvalue weighted by atomic mass is 9.92. The first-order valence-electron chi connectivity index (χ1n) is 9.41. The summed E-state index contributed by atoms with van der Waals surface area (Å²) < 4.78 is 13.9. The molecule has 3 heterocycles. The minimum atomic E-state index is -0.299. The molecule has 1 amide bonds. The lowest BCUT2D eigenvalue weighted by Crippen LogP contribution is -2.49. The molecular formula is C22H20FN5O. The highest BCUT2D eigenvalue weighted by atomic mass is 19.1. The molecule has 1 aliphatic heterocycles. The van der Waals surface area contributed by atoms with Gasteiger partial charge in [-0.3, -0.25) is 14.8 Å². The summed E-state index contributed by atoms with van der Waals surface area (Å²) in [5, 5.41) is 0. The van der Waals surface area contributed by atoms with Gasteiger partial charge in [0.15, 0.2) is 5.82 Å². The standard InChI is InChI=1S/C22H18FN5O.H2/c1-13-8-14(10-16(23)9-13)19-20(25-7-6-24-19)15-11-28(12-15)22(29)21-26-17-4-2-3-5-18(17)27-21;/h2-10,15H,11-12H2,1H3,(H,26,27);1H. The van der Waals surface area contributed by atoms with Crippen molar-refractivity contribution in [2.45, 2.75) is 12.8 Å². The number of aromatic nitrogens is 4. The number of rotatable bonds is 3. The number of hydrogen-bond donors (Lipinski definition) is 1. The van der Waals surface area contributed by atoms with Crippen molar-refractivity contribution >= 4 is 16.9 Å². The van der Waals surface area contributed by atoms with Crippen LogP contribution in [-0.2, 0) is 0 Å². The van der Waals surface area contributed by atoms with Crippen LogP contribution in [0, 0.1) is 12.7 Å². The van der Waals surface area contributed by atoms with Crippen LogP contribution in [0.2, 0.25) is 0 Å². The lowest BCUT2D eigenvalue weighted by molar-refractivity contribution is 0.0587. The molecule has 0 saturated carbocycles. The van der Waals surface area contributed by atoms with Crippen molar-refractivity contribution in [2.75, 3.05) is 13.1 Å². The van der Waals surface area contributed by atoms with Gasteiger partial charge in [-0.15, -0.1) is 0 Å². The number of nitrogens with zero attached hydrogens (tertiary/aromatic N) is 4. The van der Waals surface area contributed by atoms with Crippen LogP contribution in [0.15, 0.2) is 54.9 Å². The fourth-order valence-electron chi connectivity index (χ4n) is 3.76. The number of imidazole rings is 1. The number of carbonyl (C=O) groups is 1. The Hall–Kier alpha value is -3.61. The van der Waals surface area contributed by atoms with Crippen LogP contribution in [0.5, 0.6) is 0 Å². The summed E-state index contributed by atoms with van der Waals surface area (Å²) in [6, 6.07) is 12.4. The number of H-pyrrole nitrogens is 1. The highest BCUT2D eigenvalue weighted by Gasteiger charge is 2.36. The summed E-state index contributed by atoms with van der Waals surface area (Å²) in [7, 11) is 0. The van der Waals surface area contributed by atoms with Crippen LogP contribution in [0.3, 0.4) is 0 Å². The predicted molar refractivity (Wildman–Crippen MR) is 109 cm³/mol. The van der Waals surface area contributed by atoms with E-state index in [2.05, 4.69) is 19.9 Å². The fourth-order valence-corrected chi connectivity index (χ4v) is 3.76. The summed E-state index contributed by atoms with van der Waals surface area (Å²) in [6.45, 7) is 2.89. The largest absolute Gasteiger partial charge is 0.335 e. The maximum atomic E-state index is 13.9. The van der Waals surface area contributed by atoms with Gasteiger partial charge in [0, 0.05) is 38.4 Å². The van der Waals surface area contributed by atoms with E-state index in [9.17, 15) is 9.18 Å². The summed E-state index contributed by atoms with van der Waals surface area (Å²) in [4.78, 5) is 30.9. The zero-order valence-corrected chi connectivity index (χ0v) is 15.8. The third-order valence-corrected chi connectivity index (χ3v) is 5.19. The molecular weight excluding hydrogens is 369 g/mol. The van der Waals surface area contributed by atoms with Crippen LogP contribution in [0.25, 0.3) is 22.3 Å². The summed E-state index contributed by atoms with van der Waals surface area (Å²) in [6.07, 6.45) is 3.24. The minimum Gasteiger partial charge on any atom is -0.335 e. The van der Waals surface area contributed by atoms with Crippen molar-refractivity contribution in [3.63, 3.8) is 0 Å². The van der Waals surface area contributed by atoms with Crippen LogP contribution >= 0.6 is 0 Å². The van der Waals surface area contributed by atoms with E-state index >= 15 is 0 Å². The van der Waals surface area contributed by atoms with Crippen molar-refractivity contribution in [2.24, 2.45) is 0 Å². The Kier molecular flexibility index (Phi) is 4.08. The number of likely N-dealkylation sites (tertiary alicyclic amines) is 1. The third kappa shape index (κ3) is 3.14. The molecule has 7 heteroatoms. The summed E-state index contributed by atoms with van der Waals surface area (Å²) in [5.41, 5.74) is 4.58. The molecule has 4 aromatic rings. The second-order valence-electron chi connectivity index (χ2n) is 7.32. The van der Waals surface area contributed by atoms with Crippen molar-refractivity contribution in [3.05, 3.63) is 77.8 Å². The average Bonchev–Trinajstić information content (AvgIpc) is 3.11. The van der Waals surface area contributed by atoms with Gasteiger partial charge in [-0.1, -0.05) is 12.1 Å². The molecule has 6 nitrogen and oxygen atoms in total. The molecule has 0 radical (unpaired) electrons. The molecule has 2 aromatic heterocycles. The maximum absolute atomic E-state index is 13.9. The van der Waals surface area contributed by atoms with Gasteiger partial charge in [-0.25, -0.2) is 9.37 Å². The van der Waals surface area contributed by atoms with Crippen molar-refractivity contribution < 1.29 is 10.6 Å². The first-order chi connectivity index (χ1) is 14.1. The van der Waals surface area contributed by atoms with E-state index in [-0.39, 0.29) is 19.1 Å². The molecule has 1 aliphatic rings. The number of nitrogens with one attached hydrogen (secondary N) is 1. The summed E-state index contributed by atoms with van der Waals surface area (Å²) in [5.74, 6) is -0.0447. The SMILES string of the molecule is Cc1cc(F)cc(-c2nccnc2C2CN(C(=O)c3nc4ccccc4[nH]3)C2)c1.[HH]. The molecule has 1 saturated heterocycles. The molecule has 29 heavy (non-hydrogen) atoms. The normalized spacial score (nSPS) is 14.2. The molecule has 1 N–H and O–H groups in total. The zero-order chi connectivity index (χ0) is 20.0. The van der Waals surface area contributed by atoms with Gasteiger partial charge in [0.05, 0.1) is 22.4 Å². The number of aryl methyl sites for hydroxylation is 1. The highest BCUT2D eigenvalue weighted by molar-refractivity contribution is 5.94. The molecule has 0 unspecified atom stereocenters. The van der Waals surface area contributed by atoms with E-state index < -0.39 is 0 Å². The Bertz CT molecular complexity index is 1180. The number of fused-ring (bicyclic) bond motifs is 1. The van der Waals surface area contributed by atoms with Gasteiger partial charge in [0.1, 0.15) is 5.82 Å². The van der Waals surface area contributed by atoms with Gasteiger partial charge < -0.3 is 9.88 Å². The fraction of sp³-hybridized carbons (Fsp3) is 0.182. The Balaban J connectivity index is 0.00000218.